The summed E-state index contributed by atoms with van der Waals surface area (Å²) < 4.78 is 0. The fraction of sp³-hybridized carbons (Fsp3) is 0.714. The monoisotopic (exact) mass is 249 g/mol. The summed E-state index contributed by atoms with van der Waals surface area (Å²) in [5.41, 5.74) is 0.213. The molecule has 4 nitrogen and oxygen atoms in total. The molecule has 1 aliphatic rings. The fourth-order valence-corrected chi connectivity index (χ4v) is 2.06. The molecular weight excluding hydrogens is 226 g/mol. The molecule has 1 amide bonds. The molecule has 4 heteroatoms. The van der Waals surface area contributed by atoms with Gasteiger partial charge in [0, 0.05) is 25.8 Å². The van der Waals surface area contributed by atoms with Crippen LogP contribution in [0.5, 0.6) is 0 Å². The van der Waals surface area contributed by atoms with Crippen LogP contribution in [0.3, 0.4) is 0 Å². The summed E-state index contributed by atoms with van der Waals surface area (Å²) in [5, 5.41) is 11.8. The van der Waals surface area contributed by atoms with Crippen molar-refractivity contribution in [1.29, 1.82) is 5.26 Å². The first kappa shape index (κ1) is 14.6. The van der Waals surface area contributed by atoms with Gasteiger partial charge in [-0.3, -0.25) is 4.79 Å². The molecule has 1 rings (SSSR count). The van der Waals surface area contributed by atoms with Crippen molar-refractivity contribution in [2.75, 3.05) is 19.6 Å². The van der Waals surface area contributed by atoms with Crippen molar-refractivity contribution in [3.8, 4) is 6.07 Å². The lowest BCUT2D eigenvalue weighted by molar-refractivity contribution is -0.117. The maximum atomic E-state index is 11.8. The van der Waals surface area contributed by atoms with E-state index >= 15 is 0 Å². The van der Waals surface area contributed by atoms with Gasteiger partial charge in [-0.1, -0.05) is 20.8 Å². The van der Waals surface area contributed by atoms with Gasteiger partial charge in [0.25, 0.3) is 5.91 Å². The highest BCUT2D eigenvalue weighted by Crippen LogP contribution is 2.16. The van der Waals surface area contributed by atoms with Crippen molar-refractivity contribution in [3.63, 3.8) is 0 Å². The van der Waals surface area contributed by atoms with E-state index in [9.17, 15) is 4.79 Å². The number of nitrogens with one attached hydrogen (secondary N) is 1. The molecule has 1 aliphatic heterocycles. The smallest absolute Gasteiger partial charge is 0.263 e. The number of carbonyl (C=O) groups is 1. The summed E-state index contributed by atoms with van der Waals surface area (Å²) in [4.78, 5) is 13.9. The number of likely N-dealkylation sites (tertiary alicyclic amines) is 1. The van der Waals surface area contributed by atoms with Gasteiger partial charge in [-0.05, 0) is 24.7 Å². The first-order chi connectivity index (χ1) is 8.52. The first-order valence-electron chi connectivity index (χ1n) is 6.67. The Hall–Kier alpha value is -1.50. The number of carbonyl (C=O) groups excluding carboxylic acids is 1. The molecule has 1 N–H and O–H groups in total. The minimum absolute atomic E-state index is 0.213. The van der Waals surface area contributed by atoms with E-state index in [4.69, 9.17) is 5.26 Å². The third-order valence-corrected chi connectivity index (χ3v) is 3.04. The predicted molar refractivity (Wildman–Crippen MR) is 71.5 cm³/mol. The highest BCUT2D eigenvalue weighted by Gasteiger charge is 2.16. The molecule has 1 fully saturated rings. The molecule has 100 valence electrons. The van der Waals surface area contributed by atoms with Crippen molar-refractivity contribution >= 4 is 5.91 Å². The van der Waals surface area contributed by atoms with Crippen molar-refractivity contribution in [2.45, 2.75) is 33.6 Å². The zero-order chi connectivity index (χ0) is 13.5. The maximum absolute atomic E-state index is 11.8. The van der Waals surface area contributed by atoms with Crippen LogP contribution in [0.1, 0.15) is 33.6 Å². The Morgan fingerprint density at radius 3 is 2.89 bits per heavy atom. The van der Waals surface area contributed by atoms with E-state index in [1.165, 1.54) is 6.42 Å². The molecule has 0 radical (unpaired) electrons. The van der Waals surface area contributed by atoms with Crippen LogP contribution in [0.15, 0.2) is 11.8 Å². The number of amides is 1. The molecule has 0 spiro atoms. The molecule has 18 heavy (non-hydrogen) atoms. The highest BCUT2D eigenvalue weighted by molar-refractivity contribution is 5.97. The second-order valence-electron chi connectivity index (χ2n) is 5.50. The predicted octanol–water partition coefficient (Wildman–Crippen LogP) is 1.90. The van der Waals surface area contributed by atoms with Gasteiger partial charge in [-0.2, -0.15) is 5.26 Å². The number of nitriles is 1. The van der Waals surface area contributed by atoms with Gasteiger partial charge in [-0.25, -0.2) is 0 Å². The molecule has 1 saturated heterocycles. The van der Waals surface area contributed by atoms with E-state index in [-0.39, 0.29) is 11.5 Å². The molecule has 0 aromatic heterocycles. The summed E-state index contributed by atoms with van der Waals surface area (Å²) in [6, 6.07) is 2.00. The molecule has 1 atom stereocenters. The van der Waals surface area contributed by atoms with E-state index in [0.717, 1.165) is 19.5 Å². The summed E-state index contributed by atoms with van der Waals surface area (Å²) >= 11 is 0. The quantitative estimate of drug-likeness (QED) is 0.611. The number of nitrogens with zero attached hydrogens (tertiary/aromatic N) is 2. The molecule has 0 bridgehead atoms. The topological polar surface area (TPSA) is 56.1 Å². The lowest BCUT2D eigenvalue weighted by Crippen LogP contribution is -2.33. The van der Waals surface area contributed by atoms with Gasteiger partial charge < -0.3 is 10.2 Å². The SMILES string of the molecule is CC(C)CNC(=O)/C(C#N)=C\N1CCCC(C)C1. The van der Waals surface area contributed by atoms with Gasteiger partial charge in [0.05, 0.1) is 0 Å². The van der Waals surface area contributed by atoms with E-state index in [1.807, 2.05) is 19.9 Å². The van der Waals surface area contributed by atoms with Crippen LogP contribution in [0.2, 0.25) is 0 Å². The van der Waals surface area contributed by atoms with Crippen LogP contribution in [-0.2, 0) is 4.79 Å². The van der Waals surface area contributed by atoms with E-state index in [2.05, 4.69) is 17.1 Å². The molecule has 0 saturated carbocycles. The summed E-state index contributed by atoms with van der Waals surface area (Å²) in [6.45, 7) is 8.74. The van der Waals surface area contributed by atoms with Gasteiger partial charge in [0.1, 0.15) is 11.6 Å². The Balaban J connectivity index is 2.59. The number of hydrogen-bond acceptors (Lipinski definition) is 3. The second kappa shape index (κ2) is 7.05. The van der Waals surface area contributed by atoms with Crippen LogP contribution < -0.4 is 5.32 Å². The Labute approximate surface area is 110 Å². The highest BCUT2D eigenvalue weighted by atomic mass is 16.1. The number of piperidine rings is 1. The second-order valence-corrected chi connectivity index (χ2v) is 5.50. The van der Waals surface area contributed by atoms with Crippen molar-refractivity contribution in [1.82, 2.24) is 10.2 Å². The average Bonchev–Trinajstić information content (AvgIpc) is 2.33. The summed E-state index contributed by atoms with van der Waals surface area (Å²) in [7, 11) is 0. The van der Waals surface area contributed by atoms with Gasteiger partial charge in [0.2, 0.25) is 0 Å². The zero-order valence-corrected chi connectivity index (χ0v) is 11.6. The Morgan fingerprint density at radius 1 is 1.61 bits per heavy atom. The minimum atomic E-state index is -0.260. The lowest BCUT2D eigenvalue weighted by atomic mass is 10.0. The Bertz CT molecular complexity index is 355. The van der Waals surface area contributed by atoms with Crippen LogP contribution >= 0.6 is 0 Å². The number of rotatable bonds is 4. The first-order valence-corrected chi connectivity index (χ1v) is 6.67. The van der Waals surface area contributed by atoms with Gasteiger partial charge >= 0.3 is 0 Å². The van der Waals surface area contributed by atoms with E-state index in [0.29, 0.717) is 18.4 Å². The molecule has 1 heterocycles. The van der Waals surface area contributed by atoms with Crippen LogP contribution in [0.4, 0.5) is 0 Å². The minimum Gasteiger partial charge on any atom is -0.376 e. The lowest BCUT2D eigenvalue weighted by Gasteiger charge is -2.29. The van der Waals surface area contributed by atoms with Crippen LogP contribution in [0, 0.1) is 23.2 Å². The summed E-state index contributed by atoms with van der Waals surface area (Å²) in [6.07, 6.45) is 4.07. The van der Waals surface area contributed by atoms with Crippen molar-refractivity contribution < 1.29 is 4.79 Å². The average molecular weight is 249 g/mol. The standard InChI is InChI=1S/C14H23N3O/c1-11(2)8-16-14(18)13(7-15)10-17-6-4-5-12(3)9-17/h10-12H,4-6,8-9H2,1-3H3,(H,16,18)/b13-10-. The Morgan fingerprint density at radius 2 is 2.33 bits per heavy atom. The van der Waals surface area contributed by atoms with Gasteiger partial charge in [-0.15, -0.1) is 0 Å². The molecule has 0 aromatic rings. The van der Waals surface area contributed by atoms with Crippen molar-refractivity contribution in [2.24, 2.45) is 11.8 Å². The molecular formula is C14H23N3O. The van der Waals surface area contributed by atoms with E-state index < -0.39 is 0 Å². The molecule has 1 unspecified atom stereocenters. The maximum Gasteiger partial charge on any atom is 0.263 e. The molecule has 0 aliphatic carbocycles. The Kier molecular flexibility index (Phi) is 5.70. The summed E-state index contributed by atoms with van der Waals surface area (Å²) in [5.74, 6) is 0.766. The number of hydrogen-bond donors (Lipinski definition) is 1. The van der Waals surface area contributed by atoms with Crippen LogP contribution in [-0.4, -0.2) is 30.4 Å². The third kappa shape index (κ3) is 4.79. The zero-order valence-electron chi connectivity index (χ0n) is 11.6. The molecule has 0 aromatic carbocycles. The normalized spacial score (nSPS) is 20.7. The van der Waals surface area contributed by atoms with Crippen LogP contribution in [0.25, 0.3) is 0 Å². The van der Waals surface area contributed by atoms with E-state index in [1.54, 1.807) is 6.20 Å². The fourth-order valence-electron chi connectivity index (χ4n) is 2.06. The van der Waals surface area contributed by atoms with Crippen molar-refractivity contribution in [3.05, 3.63) is 11.8 Å². The van der Waals surface area contributed by atoms with Gasteiger partial charge in [0.15, 0.2) is 0 Å². The largest absolute Gasteiger partial charge is 0.376 e. The third-order valence-electron chi connectivity index (χ3n) is 3.04.